The molecule has 3 rings (SSSR count). The number of ether oxygens (including phenoxy) is 1. The van der Waals surface area contributed by atoms with E-state index in [1.54, 1.807) is 9.80 Å². The molecule has 1 aromatic carbocycles. The van der Waals surface area contributed by atoms with Crippen LogP contribution in [0, 0.1) is 17.8 Å². The Hall–Kier alpha value is -2.36. The molecule has 144 valence electrons. The van der Waals surface area contributed by atoms with Gasteiger partial charge in [0.15, 0.2) is 0 Å². The van der Waals surface area contributed by atoms with Crippen molar-refractivity contribution >= 4 is 11.8 Å². The maximum atomic E-state index is 12.5. The molecular formula is C21H26N2O4. The Morgan fingerprint density at radius 2 is 2.04 bits per heavy atom. The molecule has 0 unspecified atom stereocenters. The number of piperazine rings is 1. The van der Waals surface area contributed by atoms with Crippen molar-refractivity contribution in [3.63, 3.8) is 0 Å². The standard InChI is InChI=1S/C21H26N2O4/c1-14(2)4-5-15-6-8-16(9-7-15)21-17-10-22(20(26)13-27-3)11-19(25)23(17)18(21)12-24/h6-9,14,17-18,21,24H,10-13H2,1-3H3/t17-,18+,21+/m1/s1. The molecular weight excluding hydrogens is 344 g/mol. The average Bonchev–Trinajstić information content (AvgIpc) is 2.62. The molecule has 2 fully saturated rings. The number of aliphatic hydroxyl groups is 1. The minimum atomic E-state index is -0.241. The van der Waals surface area contributed by atoms with Crippen molar-refractivity contribution in [3.8, 4) is 11.8 Å². The Morgan fingerprint density at radius 3 is 2.63 bits per heavy atom. The number of hydrogen-bond acceptors (Lipinski definition) is 4. The van der Waals surface area contributed by atoms with Crippen molar-refractivity contribution in [2.24, 2.45) is 5.92 Å². The zero-order valence-corrected chi connectivity index (χ0v) is 16.0. The summed E-state index contributed by atoms with van der Waals surface area (Å²) in [5, 5.41) is 9.82. The van der Waals surface area contributed by atoms with Gasteiger partial charge in [0, 0.05) is 31.1 Å². The monoisotopic (exact) mass is 370 g/mol. The van der Waals surface area contributed by atoms with Crippen molar-refractivity contribution in [3.05, 3.63) is 35.4 Å². The highest BCUT2D eigenvalue weighted by atomic mass is 16.5. The summed E-state index contributed by atoms with van der Waals surface area (Å²) in [6, 6.07) is 7.61. The van der Waals surface area contributed by atoms with Gasteiger partial charge in [0.05, 0.1) is 25.2 Å². The number of methoxy groups -OCH3 is 1. The summed E-state index contributed by atoms with van der Waals surface area (Å²) in [5.74, 6) is 6.29. The Balaban J connectivity index is 1.79. The molecule has 1 aromatic rings. The van der Waals surface area contributed by atoms with Gasteiger partial charge in [-0.25, -0.2) is 0 Å². The van der Waals surface area contributed by atoms with E-state index in [2.05, 4.69) is 11.8 Å². The van der Waals surface area contributed by atoms with Crippen LogP contribution < -0.4 is 0 Å². The van der Waals surface area contributed by atoms with Gasteiger partial charge in [-0.15, -0.1) is 0 Å². The highest BCUT2D eigenvalue weighted by Gasteiger charge is 2.54. The number of carbonyl (C=O) groups excluding carboxylic acids is 2. The molecule has 0 radical (unpaired) electrons. The lowest BCUT2D eigenvalue weighted by molar-refractivity contribution is -0.168. The van der Waals surface area contributed by atoms with Crippen molar-refractivity contribution in [1.82, 2.24) is 9.80 Å². The van der Waals surface area contributed by atoms with E-state index in [1.807, 2.05) is 38.1 Å². The van der Waals surface area contributed by atoms with Crippen LogP contribution in [0.15, 0.2) is 24.3 Å². The number of benzene rings is 1. The lowest BCUT2D eigenvalue weighted by atomic mass is 9.73. The highest BCUT2D eigenvalue weighted by Crippen LogP contribution is 2.42. The van der Waals surface area contributed by atoms with Crippen LogP contribution in [0.5, 0.6) is 0 Å². The summed E-state index contributed by atoms with van der Waals surface area (Å²) in [4.78, 5) is 27.9. The van der Waals surface area contributed by atoms with Gasteiger partial charge in [0.25, 0.3) is 0 Å². The Kier molecular flexibility index (Phi) is 5.83. The second kappa shape index (κ2) is 8.12. The summed E-state index contributed by atoms with van der Waals surface area (Å²) in [5.41, 5.74) is 2.00. The molecule has 0 aromatic heterocycles. The van der Waals surface area contributed by atoms with Crippen molar-refractivity contribution < 1.29 is 19.4 Å². The first kappa shape index (κ1) is 19.4. The molecule has 1 N–H and O–H groups in total. The number of carbonyl (C=O) groups is 2. The van der Waals surface area contributed by atoms with Crippen LogP contribution in [0.1, 0.15) is 30.9 Å². The fourth-order valence-electron chi connectivity index (χ4n) is 3.92. The van der Waals surface area contributed by atoms with Gasteiger partial charge in [-0.3, -0.25) is 9.59 Å². The molecule has 0 saturated carbocycles. The van der Waals surface area contributed by atoms with E-state index in [-0.39, 0.29) is 49.6 Å². The van der Waals surface area contributed by atoms with Crippen molar-refractivity contribution in [2.75, 3.05) is 33.4 Å². The largest absolute Gasteiger partial charge is 0.394 e. The maximum Gasteiger partial charge on any atom is 0.249 e. The van der Waals surface area contributed by atoms with Gasteiger partial charge in [-0.1, -0.05) is 37.8 Å². The molecule has 0 aliphatic carbocycles. The molecule has 27 heavy (non-hydrogen) atoms. The lowest BCUT2D eigenvalue weighted by Crippen LogP contribution is -2.73. The zero-order valence-electron chi connectivity index (χ0n) is 16.0. The minimum Gasteiger partial charge on any atom is -0.394 e. The molecule has 2 aliphatic rings. The first-order valence-corrected chi connectivity index (χ1v) is 9.26. The van der Waals surface area contributed by atoms with E-state index >= 15 is 0 Å². The molecule has 2 aliphatic heterocycles. The molecule has 2 heterocycles. The Labute approximate surface area is 160 Å². The van der Waals surface area contributed by atoms with Gasteiger partial charge in [-0.2, -0.15) is 0 Å². The topological polar surface area (TPSA) is 70.1 Å². The summed E-state index contributed by atoms with van der Waals surface area (Å²) in [7, 11) is 1.47. The minimum absolute atomic E-state index is 0.00389. The Morgan fingerprint density at radius 1 is 1.33 bits per heavy atom. The van der Waals surface area contributed by atoms with Crippen molar-refractivity contribution in [2.45, 2.75) is 31.8 Å². The molecule has 6 heteroatoms. The van der Waals surface area contributed by atoms with E-state index in [0.717, 1.165) is 11.1 Å². The third-order valence-electron chi connectivity index (χ3n) is 5.17. The van der Waals surface area contributed by atoms with Gasteiger partial charge < -0.3 is 19.6 Å². The fourth-order valence-corrected chi connectivity index (χ4v) is 3.92. The van der Waals surface area contributed by atoms with Crippen LogP contribution in [-0.4, -0.2) is 72.2 Å². The van der Waals surface area contributed by atoms with Crippen LogP contribution in [0.2, 0.25) is 0 Å². The van der Waals surface area contributed by atoms with Crippen LogP contribution >= 0.6 is 0 Å². The fraction of sp³-hybridized carbons (Fsp3) is 0.524. The third-order valence-corrected chi connectivity index (χ3v) is 5.17. The van der Waals surface area contributed by atoms with E-state index < -0.39 is 0 Å². The number of aliphatic hydroxyl groups excluding tert-OH is 1. The van der Waals surface area contributed by atoms with E-state index in [9.17, 15) is 14.7 Å². The number of hydrogen-bond donors (Lipinski definition) is 1. The van der Waals surface area contributed by atoms with Gasteiger partial charge in [-0.05, 0) is 17.7 Å². The average molecular weight is 370 g/mol. The van der Waals surface area contributed by atoms with Gasteiger partial charge in [0.1, 0.15) is 6.61 Å². The van der Waals surface area contributed by atoms with Gasteiger partial charge in [0.2, 0.25) is 11.8 Å². The Bertz CT molecular complexity index is 763. The lowest BCUT2D eigenvalue weighted by Gasteiger charge is -2.58. The summed E-state index contributed by atoms with van der Waals surface area (Å²) >= 11 is 0. The molecule has 3 atom stereocenters. The number of nitrogens with zero attached hydrogens (tertiary/aromatic N) is 2. The summed E-state index contributed by atoms with van der Waals surface area (Å²) in [6.45, 7) is 4.49. The highest BCUT2D eigenvalue weighted by molar-refractivity contribution is 5.88. The quantitative estimate of drug-likeness (QED) is 0.798. The first-order valence-electron chi connectivity index (χ1n) is 9.26. The SMILES string of the molecule is COCC(=O)N1CC(=O)N2[C@H](C1)[C@H](c1ccc(C#CC(C)C)cc1)[C@@H]2CO. The van der Waals surface area contributed by atoms with Crippen LogP contribution in [-0.2, 0) is 14.3 Å². The number of amides is 2. The number of rotatable bonds is 4. The predicted molar refractivity (Wildman–Crippen MR) is 101 cm³/mol. The van der Waals surface area contributed by atoms with E-state index in [0.29, 0.717) is 12.5 Å². The van der Waals surface area contributed by atoms with Crippen LogP contribution in [0.3, 0.4) is 0 Å². The van der Waals surface area contributed by atoms with E-state index in [1.165, 1.54) is 7.11 Å². The second-order valence-electron chi connectivity index (χ2n) is 7.40. The molecule has 2 amide bonds. The van der Waals surface area contributed by atoms with Crippen LogP contribution in [0.4, 0.5) is 0 Å². The molecule has 6 nitrogen and oxygen atoms in total. The first-order chi connectivity index (χ1) is 13.0. The summed E-state index contributed by atoms with van der Waals surface area (Å²) in [6.07, 6.45) is 0. The zero-order chi connectivity index (χ0) is 19.6. The van der Waals surface area contributed by atoms with Crippen LogP contribution in [0.25, 0.3) is 0 Å². The molecule has 0 spiro atoms. The predicted octanol–water partition coefficient (Wildman–Crippen LogP) is 0.838. The molecule has 2 saturated heterocycles. The second-order valence-corrected chi connectivity index (χ2v) is 7.40. The normalized spacial score (nSPS) is 24.2. The third kappa shape index (κ3) is 3.85. The smallest absolute Gasteiger partial charge is 0.249 e. The number of fused-ring (bicyclic) bond motifs is 1. The molecule has 0 bridgehead atoms. The maximum absolute atomic E-state index is 12.5. The van der Waals surface area contributed by atoms with E-state index in [4.69, 9.17) is 4.74 Å². The van der Waals surface area contributed by atoms with Gasteiger partial charge >= 0.3 is 0 Å². The van der Waals surface area contributed by atoms with Crippen molar-refractivity contribution in [1.29, 1.82) is 0 Å². The summed E-state index contributed by atoms with van der Waals surface area (Å²) < 4.78 is 4.91.